The van der Waals surface area contributed by atoms with E-state index in [1.54, 1.807) is 0 Å². The van der Waals surface area contributed by atoms with Crippen molar-refractivity contribution >= 4 is 17.5 Å². The number of halogens is 1. The van der Waals surface area contributed by atoms with Crippen molar-refractivity contribution in [1.29, 1.82) is 0 Å². The van der Waals surface area contributed by atoms with E-state index in [0.29, 0.717) is 22.5 Å². The van der Waals surface area contributed by atoms with Gasteiger partial charge in [0.25, 0.3) is 5.91 Å². The maximum atomic E-state index is 13.0. The lowest BCUT2D eigenvalue weighted by Gasteiger charge is -2.46. The molecule has 4 heteroatoms. The van der Waals surface area contributed by atoms with Gasteiger partial charge >= 0.3 is 0 Å². The summed E-state index contributed by atoms with van der Waals surface area (Å²) in [7, 11) is 0. The van der Waals surface area contributed by atoms with Gasteiger partial charge < -0.3 is 4.90 Å². The molecule has 0 unspecified atom stereocenters. The van der Waals surface area contributed by atoms with Crippen LogP contribution >= 0.6 is 11.6 Å². The van der Waals surface area contributed by atoms with Crippen molar-refractivity contribution < 1.29 is 4.79 Å². The molecule has 26 heavy (non-hydrogen) atoms. The second-order valence-corrected chi connectivity index (χ2v) is 7.90. The highest BCUT2D eigenvalue weighted by Crippen LogP contribution is 2.32. The van der Waals surface area contributed by atoms with E-state index in [2.05, 4.69) is 35.2 Å². The number of aryl methyl sites for hydroxylation is 1. The van der Waals surface area contributed by atoms with E-state index in [4.69, 9.17) is 11.6 Å². The van der Waals surface area contributed by atoms with Crippen LogP contribution in [0.15, 0.2) is 48.5 Å². The van der Waals surface area contributed by atoms with Gasteiger partial charge in [-0.3, -0.25) is 9.69 Å². The molecule has 2 aliphatic heterocycles. The molecular formula is C22H25ClN2O. The first-order valence-electron chi connectivity index (χ1n) is 9.47. The lowest BCUT2D eigenvalue weighted by atomic mass is 9.86. The fraction of sp³-hybridized carbons (Fsp3) is 0.409. The Morgan fingerprint density at radius 2 is 1.81 bits per heavy atom. The number of fused-ring (bicyclic) bond motifs is 1. The molecule has 2 fully saturated rings. The molecule has 2 aromatic carbocycles. The summed E-state index contributed by atoms with van der Waals surface area (Å²) >= 11 is 6.37. The van der Waals surface area contributed by atoms with Crippen LogP contribution in [0.5, 0.6) is 0 Å². The molecule has 0 aromatic heterocycles. The first-order valence-corrected chi connectivity index (χ1v) is 9.84. The molecular weight excluding hydrogens is 344 g/mol. The number of piperazine rings is 1. The molecule has 1 amide bonds. The summed E-state index contributed by atoms with van der Waals surface area (Å²) in [5.41, 5.74) is 3.04. The number of amides is 1. The average molecular weight is 369 g/mol. The molecule has 2 saturated heterocycles. The Balaban J connectivity index is 1.43. The third kappa shape index (κ3) is 3.38. The zero-order chi connectivity index (χ0) is 18.1. The minimum absolute atomic E-state index is 0.0727. The van der Waals surface area contributed by atoms with Crippen molar-refractivity contribution in [3.63, 3.8) is 0 Å². The van der Waals surface area contributed by atoms with E-state index in [1.807, 2.05) is 30.0 Å². The number of nitrogens with zero attached hydrogens (tertiary/aromatic N) is 2. The predicted molar refractivity (Wildman–Crippen MR) is 106 cm³/mol. The molecule has 0 spiro atoms. The Morgan fingerprint density at radius 1 is 1.00 bits per heavy atom. The SMILES string of the molecule is Cc1cccc(C(=O)N2CCN3C[C@@H](c4ccccc4)CC[C@@H]3C2)c1Cl. The monoisotopic (exact) mass is 368 g/mol. The molecule has 0 radical (unpaired) electrons. The van der Waals surface area contributed by atoms with Crippen molar-refractivity contribution in [3.05, 3.63) is 70.2 Å². The van der Waals surface area contributed by atoms with Gasteiger partial charge in [0.2, 0.25) is 0 Å². The van der Waals surface area contributed by atoms with Gasteiger partial charge in [0.1, 0.15) is 0 Å². The standard InChI is InChI=1S/C22H25ClN2O/c1-16-6-5-9-20(21(16)23)22(26)25-13-12-24-14-18(10-11-19(24)15-25)17-7-3-2-4-8-17/h2-9,18-19H,10-15H2,1H3/t18-,19+/m0/s1. The molecule has 0 aliphatic carbocycles. The number of carbonyl (C=O) groups excluding carboxylic acids is 1. The van der Waals surface area contributed by atoms with Gasteiger partial charge in [-0.05, 0) is 42.9 Å². The van der Waals surface area contributed by atoms with Gasteiger partial charge in [-0.15, -0.1) is 0 Å². The fourth-order valence-corrected chi connectivity index (χ4v) is 4.55. The normalized spacial score (nSPS) is 23.5. The lowest BCUT2D eigenvalue weighted by molar-refractivity contribution is 0.0329. The summed E-state index contributed by atoms with van der Waals surface area (Å²) in [5, 5.41) is 0.590. The summed E-state index contributed by atoms with van der Waals surface area (Å²) in [6.07, 6.45) is 2.34. The molecule has 2 aliphatic rings. The molecule has 0 saturated carbocycles. The molecule has 0 bridgehead atoms. The third-order valence-corrected chi connectivity index (χ3v) is 6.39. The van der Waals surface area contributed by atoms with E-state index in [-0.39, 0.29) is 5.91 Å². The van der Waals surface area contributed by atoms with Crippen molar-refractivity contribution in [2.45, 2.75) is 31.7 Å². The highest BCUT2D eigenvalue weighted by Gasteiger charge is 2.35. The molecule has 4 rings (SSSR count). The Labute approximate surface area is 160 Å². The summed E-state index contributed by atoms with van der Waals surface area (Å²) in [4.78, 5) is 17.5. The van der Waals surface area contributed by atoms with Gasteiger partial charge in [-0.1, -0.05) is 54.1 Å². The van der Waals surface area contributed by atoms with Crippen molar-refractivity contribution in [3.8, 4) is 0 Å². The van der Waals surface area contributed by atoms with E-state index in [1.165, 1.54) is 12.0 Å². The zero-order valence-corrected chi connectivity index (χ0v) is 16.0. The van der Waals surface area contributed by atoms with Crippen LogP contribution < -0.4 is 0 Å². The summed E-state index contributed by atoms with van der Waals surface area (Å²) in [6, 6.07) is 17.0. The number of rotatable bonds is 2. The highest BCUT2D eigenvalue weighted by atomic mass is 35.5. The van der Waals surface area contributed by atoms with Crippen LogP contribution in [0.25, 0.3) is 0 Å². The number of hydrogen-bond donors (Lipinski definition) is 0. The van der Waals surface area contributed by atoms with Crippen molar-refractivity contribution in [2.24, 2.45) is 0 Å². The maximum absolute atomic E-state index is 13.0. The summed E-state index contributed by atoms with van der Waals surface area (Å²) in [5.74, 6) is 0.685. The van der Waals surface area contributed by atoms with E-state index < -0.39 is 0 Å². The summed E-state index contributed by atoms with van der Waals surface area (Å²) < 4.78 is 0. The number of hydrogen-bond acceptors (Lipinski definition) is 2. The largest absolute Gasteiger partial charge is 0.336 e. The van der Waals surface area contributed by atoms with Crippen LogP contribution in [-0.2, 0) is 0 Å². The Kier molecular flexibility index (Phi) is 5.01. The van der Waals surface area contributed by atoms with E-state index in [0.717, 1.165) is 38.2 Å². The smallest absolute Gasteiger partial charge is 0.255 e. The number of benzene rings is 2. The van der Waals surface area contributed by atoms with Gasteiger partial charge in [0.15, 0.2) is 0 Å². The molecule has 136 valence electrons. The first-order chi connectivity index (χ1) is 12.6. The van der Waals surface area contributed by atoms with Crippen LogP contribution in [0, 0.1) is 6.92 Å². The van der Waals surface area contributed by atoms with Crippen LogP contribution in [0.3, 0.4) is 0 Å². The molecule has 3 nitrogen and oxygen atoms in total. The van der Waals surface area contributed by atoms with Crippen molar-refractivity contribution in [1.82, 2.24) is 9.80 Å². The Hall–Kier alpha value is -1.84. The highest BCUT2D eigenvalue weighted by molar-refractivity contribution is 6.34. The quantitative estimate of drug-likeness (QED) is 0.786. The van der Waals surface area contributed by atoms with Gasteiger partial charge in [0, 0.05) is 32.2 Å². The van der Waals surface area contributed by atoms with Crippen molar-refractivity contribution in [2.75, 3.05) is 26.2 Å². The topological polar surface area (TPSA) is 23.6 Å². The van der Waals surface area contributed by atoms with Crippen LogP contribution in [0.1, 0.15) is 40.2 Å². The molecule has 2 heterocycles. The van der Waals surface area contributed by atoms with E-state index in [9.17, 15) is 4.79 Å². The third-order valence-electron chi connectivity index (χ3n) is 5.89. The molecule has 2 atom stereocenters. The Bertz CT molecular complexity index is 792. The van der Waals surface area contributed by atoms with Crippen LogP contribution in [0.2, 0.25) is 5.02 Å². The Morgan fingerprint density at radius 3 is 2.62 bits per heavy atom. The van der Waals surface area contributed by atoms with Crippen LogP contribution in [0.4, 0.5) is 0 Å². The number of carbonyl (C=O) groups is 1. The molecule has 0 N–H and O–H groups in total. The maximum Gasteiger partial charge on any atom is 0.255 e. The minimum atomic E-state index is 0.0727. The fourth-order valence-electron chi connectivity index (χ4n) is 4.34. The van der Waals surface area contributed by atoms with Gasteiger partial charge in [-0.25, -0.2) is 0 Å². The molecule has 2 aromatic rings. The minimum Gasteiger partial charge on any atom is -0.336 e. The first kappa shape index (κ1) is 17.6. The second-order valence-electron chi connectivity index (χ2n) is 7.52. The summed E-state index contributed by atoms with van der Waals surface area (Å²) in [6.45, 7) is 5.58. The number of piperidine rings is 1. The van der Waals surface area contributed by atoms with Crippen LogP contribution in [-0.4, -0.2) is 47.9 Å². The average Bonchev–Trinajstić information content (AvgIpc) is 2.69. The second kappa shape index (κ2) is 7.42. The van der Waals surface area contributed by atoms with E-state index >= 15 is 0 Å². The van der Waals surface area contributed by atoms with Gasteiger partial charge in [-0.2, -0.15) is 0 Å². The predicted octanol–water partition coefficient (Wildman–Crippen LogP) is 4.35. The lowest BCUT2D eigenvalue weighted by Crippen LogP contribution is -2.57. The van der Waals surface area contributed by atoms with Gasteiger partial charge in [0.05, 0.1) is 10.6 Å². The zero-order valence-electron chi connectivity index (χ0n) is 15.2.